The van der Waals surface area contributed by atoms with E-state index in [1.165, 1.54) is 0 Å². The van der Waals surface area contributed by atoms with Gasteiger partial charge >= 0.3 is 0 Å². The highest BCUT2D eigenvalue weighted by Crippen LogP contribution is 2.69. The third-order valence-corrected chi connectivity index (χ3v) is 6.15. The van der Waals surface area contributed by atoms with Crippen LogP contribution in [0.25, 0.3) is 0 Å². The van der Waals surface area contributed by atoms with Crippen LogP contribution in [-0.4, -0.2) is 34.1 Å². The Balaban J connectivity index is 2.07. The van der Waals surface area contributed by atoms with Gasteiger partial charge in [-0.1, -0.05) is 26.0 Å². The minimum absolute atomic E-state index is 0.00736. The largest absolute Gasteiger partial charge is 0.395 e. The zero-order chi connectivity index (χ0) is 13.2. The molecule has 102 valence electrons. The van der Waals surface area contributed by atoms with Crippen LogP contribution in [-0.2, 0) is 0 Å². The van der Waals surface area contributed by atoms with Crippen LogP contribution < -0.4 is 0 Å². The first kappa shape index (κ1) is 12.6. The van der Waals surface area contributed by atoms with Gasteiger partial charge in [-0.25, -0.2) is 0 Å². The Morgan fingerprint density at radius 1 is 1.33 bits per heavy atom. The third kappa shape index (κ3) is 1.21. The average Bonchev–Trinajstić information content (AvgIpc) is 2.68. The molecule has 7 atom stereocenters. The fraction of sp³-hybridized carbons (Fsp3) is 0.867. The van der Waals surface area contributed by atoms with Gasteiger partial charge in [0.05, 0.1) is 18.8 Å². The Labute approximate surface area is 109 Å². The van der Waals surface area contributed by atoms with Crippen molar-refractivity contribution in [2.75, 3.05) is 6.61 Å². The molecule has 3 heteroatoms. The van der Waals surface area contributed by atoms with Crippen molar-refractivity contribution in [3.63, 3.8) is 0 Å². The van der Waals surface area contributed by atoms with Crippen molar-refractivity contribution in [1.82, 2.24) is 0 Å². The summed E-state index contributed by atoms with van der Waals surface area (Å²) < 4.78 is 0. The van der Waals surface area contributed by atoms with Crippen molar-refractivity contribution in [2.24, 2.45) is 35.0 Å². The molecule has 3 saturated carbocycles. The van der Waals surface area contributed by atoms with E-state index in [1.807, 2.05) is 0 Å². The Hall–Kier alpha value is -0.380. The molecule has 3 aliphatic rings. The molecule has 3 rings (SSSR count). The summed E-state index contributed by atoms with van der Waals surface area (Å²) in [5.41, 5.74) is 0.681. The molecule has 0 saturated heterocycles. The van der Waals surface area contributed by atoms with E-state index in [1.54, 1.807) is 0 Å². The van der Waals surface area contributed by atoms with Crippen LogP contribution >= 0.6 is 0 Å². The lowest BCUT2D eigenvalue weighted by atomic mass is 9.60. The van der Waals surface area contributed by atoms with Gasteiger partial charge in [-0.15, -0.1) is 0 Å². The maximum atomic E-state index is 10.3. The fourth-order valence-electron chi connectivity index (χ4n) is 5.32. The molecule has 3 N–H and O–H groups in total. The number of hydrogen-bond acceptors (Lipinski definition) is 3. The van der Waals surface area contributed by atoms with Crippen LogP contribution in [0.1, 0.15) is 26.7 Å². The smallest absolute Gasteiger partial charge is 0.0870 e. The second-order valence-electron chi connectivity index (χ2n) is 6.90. The fourth-order valence-corrected chi connectivity index (χ4v) is 5.32. The molecule has 0 aliphatic heterocycles. The van der Waals surface area contributed by atoms with Gasteiger partial charge in [-0.3, -0.25) is 0 Å². The predicted molar refractivity (Wildman–Crippen MR) is 68.7 cm³/mol. The van der Waals surface area contributed by atoms with Crippen molar-refractivity contribution < 1.29 is 15.3 Å². The second-order valence-corrected chi connectivity index (χ2v) is 6.90. The summed E-state index contributed by atoms with van der Waals surface area (Å²) in [4.78, 5) is 0. The minimum Gasteiger partial charge on any atom is -0.395 e. The highest BCUT2D eigenvalue weighted by Gasteiger charge is 2.70. The second kappa shape index (κ2) is 3.81. The lowest BCUT2D eigenvalue weighted by Gasteiger charge is -2.46. The van der Waals surface area contributed by atoms with Crippen molar-refractivity contribution in [2.45, 2.75) is 38.9 Å². The van der Waals surface area contributed by atoms with Crippen LogP contribution in [0.15, 0.2) is 12.2 Å². The molecular weight excluding hydrogens is 228 g/mol. The first-order valence-corrected chi connectivity index (χ1v) is 7.12. The van der Waals surface area contributed by atoms with Crippen molar-refractivity contribution in [1.29, 1.82) is 0 Å². The first-order valence-electron chi connectivity index (χ1n) is 7.12. The molecule has 3 nitrogen and oxygen atoms in total. The van der Waals surface area contributed by atoms with E-state index in [4.69, 9.17) is 0 Å². The molecule has 0 radical (unpaired) electrons. The van der Waals surface area contributed by atoms with Crippen LogP contribution in [0.4, 0.5) is 0 Å². The molecule has 0 amide bonds. The van der Waals surface area contributed by atoms with Gasteiger partial charge in [0, 0.05) is 17.3 Å². The molecule has 3 fully saturated rings. The van der Waals surface area contributed by atoms with E-state index in [9.17, 15) is 15.3 Å². The topological polar surface area (TPSA) is 60.7 Å². The summed E-state index contributed by atoms with van der Waals surface area (Å²) in [5.74, 6) is 1.40. The van der Waals surface area contributed by atoms with E-state index >= 15 is 0 Å². The van der Waals surface area contributed by atoms with Gasteiger partial charge in [0.15, 0.2) is 0 Å². The average molecular weight is 252 g/mol. The molecular formula is C15H24O3. The molecule has 0 aromatic heterocycles. The van der Waals surface area contributed by atoms with Gasteiger partial charge in [-0.2, -0.15) is 0 Å². The SMILES string of the molecule is C=C1[C@H]2[C@H](O)[C@H](O)C3[C@H]2[C@H](C(C)C)CC[C@]13CO. The van der Waals surface area contributed by atoms with E-state index in [0.717, 1.165) is 18.4 Å². The van der Waals surface area contributed by atoms with Crippen LogP contribution in [0.3, 0.4) is 0 Å². The van der Waals surface area contributed by atoms with Gasteiger partial charge in [0.2, 0.25) is 0 Å². The van der Waals surface area contributed by atoms with E-state index in [0.29, 0.717) is 17.8 Å². The van der Waals surface area contributed by atoms with E-state index in [-0.39, 0.29) is 23.9 Å². The lowest BCUT2D eigenvalue weighted by molar-refractivity contribution is -0.0723. The summed E-state index contributed by atoms with van der Waals surface area (Å²) in [6, 6.07) is 0. The summed E-state index contributed by atoms with van der Waals surface area (Å²) in [6.07, 6.45) is 0.631. The van der Waals surface area contributed by atoms with Crippen molar-refractivity contribution >= 4 is 0 Å². The van der Waals surface area contributed by atoms with Crippen molar-refractivity contribution in [3.8, 4) is 0 Å². The number of aliphatic hydroxyl groups is 3. The maximum Gasteiger partial charge on any atom is 0.0870 e. The summed E-state index contributed by atoms with van der Waals surface area (Å²) in [5, 5.41) is 30.4. The quantitative estimate of drug-likeness (QED) is 0.647. The van der Waals surface area contributed by atoms with Gasteiger partial charge in [0.1, 0.15) is 0 Å². The normalized spacial score (nSPS) is 54.4. The Morgan fingerprint density at radius 3 is 2.56 bits per heavy atom. The van der Waals surface area contributed by atoms with Gasteiger partial charge < -0.3 is 15.3 Å². The molecule has 0 spiro atoms. The van der Waals surface area contributed by atoms with Gasteiger partial charge in [-0.05, 0) is 30.6 Å². The van der Waals surface area contributed by atoms with Crippen LogP contribution in [0, 0.1) is 35.0 Å². The maximum absolute atomic E-state index is 10.3. The van der Waals surface area contributed by atoms with E-state index in [2.05, 4.69) is 20.4 Å². The highest BCUT2D eigenvalue weighted by atomic mass is 16.3. The van der Waals surface area contributed by atoms with Crippen molar-refractivity contribution in [3.05, 3.63) is 12.2 Å². The number of rotatable bonds is 2. The minimum atomic E-state index is -0.681. The number of hydrogen-bond donors (Lipinski definition) is 3. The zero-order valence-corrected chi connectivity index (χ0v) is 11.2. The van der Waals surface area contributed by atoms with Gasteiger partial charge in [0.25, 0.3) is 0 Å². The molecule has 0 aromatic rings. The standard InChI is InChI=1S/C15H24O3/c1-7(2)9-4-5-15(6-16)8(3)10-11(9)12(15)14(18)13(10)17/h7,9-14,16-18H,3-6H2,1-2H3/t9-,10+,11-,12?,13-,14+,15-/m0/s1. The van der Waals surface area contributed by atoms with Crippen LogP contribution in [0.5, 0.6) is 0 Å². The molecule has 1 unspecified atom stereocenters. The Bertz CT molecular complexity index is 378. The monoisotopic (exact) mass is 252 g/mol. The molecule has 3 aliphatic carbocycles. The third-order valence-electron chi connectivity index (χ3n) is 6.15. The Morgan fingerprint density at radius 2 is 2.00 bits per heavy atom. The lowest BCUT2D eigenvalue weighted by Crippen LogP contribution is -2.48. The highest BCUT2D eigenvalue weighted by molar-refractivity contribution is 5.34. The van der Waals surface area contributed by atoms with E-state index < -0.39 is 12.2 Å². The summed E-state index contributed by atoms with van der Waals surface area (Å²) in [7, 11) is 0. The predicted octanol–water partition coefficient (Wildman–Crippen LogP) is 1.18. The summed E-state index contributed by atoms with van der Waals surface area (Å²) >= 11 is 0. The first-order chi connectivity index (χ1) is 8.45. The molecule has 0 heterocycles. The molecule has 0 aromatic carbocycles. The molecule has 4 bridgehead atoms. The van der Waals surface area contributed by atoms with Crippen LogP contribution in [0.2, 0.25) is 0 Å². The molecule has 18 heavy (non-hydrogen) atoms. The zero-order valence-electron chi connectivity index (χ0n) is 11.2. The Kier molecular flexibility index (Phi) is 2.68. The number of aliphatic hydroxyl groups excluding tert-OH is 3. The summed E-state index contributed by atoms with van der Waals surface area (Å²) in [6.45, 7) is 8.67.